The van der Waals surface area contributed by atoms with Crippen LogP contribution >= 0.6 is 11.8 Å². The molecule has 1 aromatic heterocycles. The Morgan fingerprint density at radius 1 is 1.50 bits per heavy atom. The lowest BCUT2D eigenvalue weighted by molar-refractivity contribution is 0.428. The number of benzene rings is 1. The molecule has 2 heterocycles. The smallest absolute Gasteiger partial charge is 0.125 e. The van der Waals surface area contributed by atoms with Crippen LogP contribution in [0.5, 0.6) is 0 Å². The summed E-state index contributed by atoms with van der Waals surface area (Å²) in [5, 5.41) is 3.58. The van der Waals surface area contributed by atoms with E-state index in [4.69, 9.17) is 0 Å². The van der Waals surface area contributed by atoms with Gasteiger partial charge in [-0.3, -0.25) is 0 Å². The van der Waals surface area contributed by atoms with Crippen molar-refractivity contribution in [2.75, 3.05) is 5.75 Å². The molecule has 0 fully saturated rings. The van der Waals surface area contributed by atoms with Gasteiger partial charge in [-0.05, 0) is 42.9 Å². The summed E-state index contributed by atoms with van der Waals surface area (Å²) in [5.74, 6) is 1.90. The maximum absolute atomic E-state index is 13.5. The van der Waals surface area contributed by atoms with Crippen LogP contribution in [0.1, 0.15) is 36.8 Å². The van der Waals surface area contributed by atoms with E-state index in [2.05, 4.69) is 17.2 Å². The Labute approximate surface area is 122 Å². The van der Waals surface area contributed by atoms with E-state index in [-0.39, 0.29) is 17.9 Å². The number of hydrogen-bond donors (Lipinski definition) is 1. The van der Waals surface area contributed by atoms with Gasteiger partial charge in [0.25, 0.3) is 0 Å². The van der Waals surface area contributed by atoms with Crippen LogP contribution in [0, 0.1) is 5.82 Å². The molecule has 20 heavy (non-hydrogen) atoms. The van der Waals surface area contributed by atoms with Crippen LogP contribution in [-0.2, 0) is 7.05 Å². The molecular weight excluding hydrogens is 273 g/mol. The molecule has 0 spiro atoms. The van der Waals surface area contributed by atoms with E-state index in [0.717, 1.165) is 23.6 Å². The van der Waals surface area contributed by atoms with E-state index in [1.807, 2.05) is 23.9 Å². The summed E-state index contributed by atoms with van der Waals surface area (Å²) in [4.78, 5) is 5.56. The van der Waals surface area contributed by atoms with Gasteiger partial charge >= 0.3 is 0 Å². The first kappa shape index (κ1) is 13.6. The van der Waals surface area contributed by atoms with Gasteiger partial charge in [0.15, 0.2) is 0 Å². The molecule has 0 bridgehead atoms. The highest BCUT2D eigenvalue weighted by molar-refractivity contribution is 7.99. The zero-order valence-corrected chi connectivity index (χ0v) is 12.5. The van der Waals surface area contributed by atoms with Gasteiger partial charge < -0.3 is 9.88 Å². The van der Waals surface area contributed by atoms with Crippen LogP contribution in [0.4, 0.5) is 4.39 Å². The molecule has 2 atom stereocenters. The topological polar surface area (TPSA) is 29.9 Å². The molecule has 0 amide bonds. The van der Waals surface area contributed by atoms with Crippen LogP contribution in [0.3, 0.4) is 0 Å². The van der Waals surface area contributed by atoms with Crippen LogP contribution in [0.15, 0.2) is 35.5 Å². The van der Waals surface area contributed by atoms with Crippen LogP contribution in [0.25, 0.3) is 0 Å². The van der Waals surface area contributed by atoms with Crippen molar-refractivity contribution >= 4 is 11.8 Å². The molecule has 3 rings (SSSR count). The fraction of sp³-hybridized carbons (Fsp3) is 0.400. The molecular formula is C15H18FN3S. The summed E-state index contributed by atoms with van der Waals surface area (Å²) in [6.07, 6.45) is 4.76. The molecule has 0 aliphatic carbocycles. The van der Waals surface area contributed by atoms with Crippen molar-refractivity contribution in [2.24, 2.45) is 7.05 Å². The number of thioether (sulfide) groups is 1. The van der Waals surface area contributed by atoms with Crippen molar-refractivity contribution in [1.29, 1.82) is 0 Å². The number of aromatic nitrogens is 2. The summed E-state index contributed by atoms with van der Waals surface area (Å²) < 4.78 is 15.5. The van der Waals surface area contributed by atoms with E-state index >= 15 is 0 Å². The molecule has 3 nitrogen and oxygen atoms in total. The Bertz CT molecular complexity index is 611. The molecule has 5 heteroatoms. The van der Waals surface area contributed by atoms with E-state index in [0.29, 0.717) is 0 Å². The van der Waals surface area contributed by atoms with Crippen molar-refractivity contribution in [2.45, 2.75) is 30.3 Å². The Hall–Kier alpha value is -1.33. The largest absolute Gasteiger partial charge is 0.337 e. The number of halogens is 1. The van der Waals surface area contributed by atoms with Gasteiger partial charge in [0, 0.05) is 30.4 Å². The minimum atomic E-state index is -0.164. The molecule has 0 radical (unpaired) electrons. The SMILES string of the molecule is CC(NC1CCSc2ccc(F)cc21)c1nccn1C. The quantitative estimate of drug-likeness (QED) is 0.939. The number of rotatable bonds is 3. The molecule has 1 aliphatic rings. The summed E-state index contributed by atoms with van der Waals surface area (Å²) >= 11 is 1.80. The van der Waals surface area contributed by atoms with E-state index in [9.17, 15) is 4.39 Å². The van der Waals surface area contributed by atoms with Gasteiger partial charge in [0.2, 0.25) is 0 Å². The first-order valence-electron chi connectivity index (χ1n) is 6.80. The fourth-order valence-corrected chi connectivity index (χ4v) is 3.81. The lowest BCUT2D eigenvalue weighted by atomic mass is 10.0. The van der Waals surface area contributed by atoms with Crippen molar-refractivity contribution in [3.8, 4) is 0 Å². The highest BCUT2D eigenvalue weighted by Crippen LogP contribution is 2.37. The number of nitrogens with one attached hydrogen (secondary N) is 1. The normalized spacial score (nSPS) is 19.6. The molecule has 106 valence electrons. The number of aryl methyl sites for hydroxylation is 1. The molecule has 1 N–H and O–H groups in total. The second kappa shape index (κ2) is 5.58. The van der Waals surface area contributed by atoms with Gasteiger partial charge in [-0.2, -0.15) is 0 Å². The van der Waals surface area contributed by atoms with Crippen molar-refractivity contribution in [3.63, 3.8) is 0 Å². The van der Waals surface area contributed by atoms with E-state index in [1.165, 1.54) is 11.0 Å². The van der Waals surface area contributed by atoms with Crippen LogP contribution in [-0.4, -0.2) is 15.3 Å². The lowest BCUT2D eigenvalue weighted by Crippen LogP contribution is -2.28. The standard InChI is InChI=1S/C15H18FN3S/c1-10(15-17-6-7-19(15)2)18-13-5-8-20-14-4-3-11(16)9-12(13)14/h3-4,6-7,9-10,13,18H,5,8H2,1-2H3. The molecule has 0 saturated carbocycles. The first-order chi connectivity index (χ1) is 9.65. The predicted octanol–water partition coefficient (Wildman–Crippen LogP) is 3.45. The van der Waals surface area contributed by atoms with Gasteiger partial charge in [0.1, 0.15) is 11.6 Å². The van der Waals surface area contributed by atoms with Gasteiger partial charge in [-0.25, -0.2) is 9.37 Å². The Morgan fingerprint density at radius 2 is 2.35 bits per heavy atom. The second-order valence-corrected chi connectivity index (χ2v) is 6.29. The van der Waals surface area contributed by atoms with Gasteiger partial charge in [-0.1, -0.05) is 0 Å². The highest BCUT2D eigenvalue weighted by Gasteiger charge is 2.24. The highest BCUT2D eigenvalue weighted by atomic mass is 32.2. The molecule has 1 aliphatic heterocycles. The summed E-state index contributed by atoms with van der Waals surface area (Å²) in [7, 11) is 1.99. The average Bonchev–Trinajstić information content (AvgIpc) is 2.86. The number of fused-ring (bicyclic) bond motifs is 1. The second-order valence-electron chi connectivity index (χ2n) is 5.16. The van der Waals surface area contributed by atoms with Crippen LogP contribution < -0.4 is 5.32 Å². The Balaban J connectivity index is 1.83. The number of imidazole rings is 1. The summed E-state index contributed by atoms with van der Waals surface area (Å²) in [5.41, 5.74) is 1.07. The van der Waals surface area contributed by atoms with E-state index in [1.54, 1.807) is 24.0 Å². The van der Waals surface area contributed by atoms with Gasteiger partial charge in [-0.15, -0.1) is 11.8 Å². The minimum Gasteiger partial charge on any atom is -0.337 e. The third-order valence-corrected chi connectivity index (χ3v) is 4.83. The lowest BCUT2D eigenvalue weighted by Gasteiger charge is -2.28. The zero-order valence-electron chi connectivity index (χ0n) is 11.6. The molecule has 2 aromatic rings. The predicted molar refractivity (Wildman–Crippen MR) is 79.2 cm³/mol. The van der Waals surface area contributed by atoms with Crippen molar-refractivity contribution < 1.29 is 4.39 Å². The first-order valence-corrected chi connectivity index (χ1v) is 7.79. The van der Waals surface area contributed by atoms with Crippen molar-refractivity contribution in [1.82, 2.24) is 14.9 Å². The summed E-state index contributed by atoms with van der Waals surface area (Å²) in [6.45, 7) is 2.10. The Morgan fingerprint density at radius 3 is 3.10 bits per heavy atom. The zero-order chi connectivity index (χ0) is 14.1. The third kappa shape index (κ3) is 2.60. The monoisotopic (exact) mass is 291 g/mol. The Kier molecular flexibility index (Phi) is 3.81. The van der Waals surface area contributed by atoms with Crippen LogP contribution in [0.2, 0.25) is 0 Å². The molecule has 2 unspecified atom stereocenters. The average molecular weight is 291 g/mol. The number of hydrogen-bond acceptors (Lipinski definition) is 3. The fourth-order valence-electron chi connectivity index (χ4n) is 2.71. The molecule has 0 saturated heterocycles. The third-order valence-electron chi connectivity index (χ3n) is 3.71. The summed E-state index contributed by atoms with van der Waals surface area (Å²) in [6, 6.07) is 5.41. The maximum Gasteiger partial charge on any atom is 0.125 e. The van der Waals surface area contributed by atoms with Crippen molar-refractivity contribution in [3.05, 3.63) is 47.8 Å². The maximum atomic E-state index is 13.5. The minimum absolute atomic E-state index is 0.138. The van der Waals surface area contributed by atoms with E-state index < -0.39 is 0 Å². The number of nitrogens with zero attached hydrogens (tertiary/aromatic N) is 2. The molecule has 1 aromatic carbocycles. The van der Waals surface area contributed by atoms with Gasteiger partial charge in [0.05, 0.1) is 6.04 Å².